The van der Waals surface area contributed by atoms with Gasteiger partial charge in [0, 0.05) is 25.2 Å². The number of anilines is 1. The van der Waals surface area contributed by atoms with Gasteiger partial charge < -0.3 is 20.8 Å². The summed E-state index contributed by atoms with van der Waals surface area (Å²) < 4.78 is 22.9. The third-order valence-electron chi connectivity index (χ3n) is 6.18. The minimum Gasteiger partial charge on any atom is -0.492 e. The molecule has 1 saturated heterocycles. The number of nitrogens with one attached hydrogen (secondary N) is 1. The first-order chi connectivity index (χ1) is 13.9. The maximum Gasteiger partial charge on any atom is 0.350 e. The van der Waals surface area contributed by atoms with E-state index < -0.39 is 17.1 Å². The van der Waals surface area contributed by atoms with Gasteiger partial charge in [-0.15, -0.1) is 0 Å². The zero-order valence-corrected chi connectivity index (χ0v) is 17.1. The molecule has 1 saturated carbocycles. The van der Waals surface area contributed by atoms with Crippen LogP contribution in [-0.4, -0.2) is 42.0 Å². The van der Waals surface area contributed by atoms with Crippen molar-refractivity contribution >= 4 is 16.6 Å². The normalized spacial score (nSPS) is 20.4. The number of fused-ring (bicyclic) bond motifs is 1. The molecule has 0 spiro atoms. The van der Waals surface area contributed by atoms with Crippen LogP contribution in [0.25, 0.3) is 10.9 Å². The quantitative estimate of drug-likeness (QED) is 0.701. The van der Waals surface area contributed by atoms with Crippen LogP contribution >= 0.6 is 0 Å². The molecule has 29 heavy (non-hydrogen) atoms. The second-order valence-electron chi connectivity index (χ2n) is 8.04. The lowest BCUT2D eigenvalue weighted by atomic mass is 10.0. The Morgan fingerprint density at radius 2 is 2.07 bits per heavy atom. The van der Waals surface area contributed by atoms with Gasteiger partial charge in [-0.1, -0.05) is 6.92 Å². The predicted molar refractivity (Wildman–Crippen MR) is 111 cm³/mol. The minimum atomic E-state index is -0.717. The maximum absolute atomic E-state index is 15.2. The summed E-state index contributed by atoms with van der Waals surface area (Å²) in [5.74, 6) is 5.76. The molecule has 1 aromatic carbocycles. The van der Waals surface area contributed by atoms with Gasteiger partial charge in [0.15, 0.2) is 11.6 Å². The molecule has 1 aromatic heterocycles. The van der Waals surface area contributed by atoms with Crippen LogP contribution in [0.4, 0.5) is 10.1 Å². The van der Waals surface area contributed by atoms with Gasteiger partial charge in [-0.2, -0.15) is 4.68 Å². The first-order valence-corrected chi connectivity index (χ1v) is 10.2. The number of methoxy groups -OCH3 is 1. The first-order valence-electron chi connectivity index (χ1n) is 10.2. The zero-order valence-electron chi connectivity index (χ0n) is 17.1. The van der Waals surface area contributed by atoms with Gasteiger partial charge in [0.1, 0.15) is 11.2 Å². The van der Waals surface area contributed by atoms with Gasteiger partial charge in [-0.3, -0.25) is 9.36 Å². The Hall–Kier alpha value is -2.55. The second kappa shape index (κ2) is 7.37. The van der Waals surface area contributed by atoms with Crippen LogP contribution in [0.3, 0.4) is 0 Å². The summed E-state index contributed by atoms with van der Waals surface area (Å²) in [5.41, 5.74) is -0.660. The van der Waals surface area contributed by atoms with E-state index in [1.54, 1.807) is 0 Å². The number of ether oxygens (including phenoxy) is 1. The SMILES string of the molecule is CCN[C@@H](C)[C@H]1CCN(c2c(F)cc3c(=O)n(N)c(=O)n(C4CC4)c3c2OC)C1. The molecule has 1 aliphatic heterocycles. The van der Waals surface area contributed by atoms with Crippen molar-refractivity contribution in [1.29, 1.82) is 0 Å². The van der Waals surface area contributed by atoms with E-state index in [0.29, 0.717) is 40.9 Å². The fraction of sp³-hybridized carbons (Fsp3) is 0.600. The third kappa shape index (κ3) is 3.17. The summed E-state index contributed by atoms with van der Waals surface area (Å²) in [4.78, 5) is 27.3. The third-order valence-corrected chi connectivity index (χ3v) is 6.18. The van der Waals surface area contributed by atoms with E-state index in [4.69, 9.17) is 10.6 Å². The van der Waals surface area contributed by atoms with Crippen LogP contribution in [-0.2, 0) is 0 Å². The highest BCUT2D eigenvalue weighted by Gasteiger charge is 2.34. The molecule has 2 heterocycles. The van der Waals surface area contributed by atoms with E-state index >= 15 is 4.39 Å². The number of hydrogen-bond donors (Lipinski definition) is 2. The monoisotopic (exact) mass is 405 g/mol. The summed E-state index contributed by atoms with van der Waals surface area (Å²) in [7, 11) is 1.45. The number of nitrogens with zero attached hydrogens (tertiary/aromatic N) is 3. The Bertz CT molecular complexity index is 1060. The number of aromatic nitrogens is 2. The largest absolute Gasteiger partial charge is 0.492 e. The van der Waals surface area contributed by atoms with E-state index in [9.17, 15) is 9.59 Å². The van der Waals surface area contributed by atoms with Crippen LogP contribution in [0.1, 0.15) is 39.2 Å². The average Bonchev–Trinajstić information content (AvgIpc) is 3.41. The summed E-state index contributed by atoms with van der Waals surface area (Å²) in [6, 6.07) is 1.46. The van der Waals surface area contributed by atoms with Crippen LogP contribution < -0.4 is 32.0 Å². The van der Waals surface area contributed by atoms with Crippen molar-refractivity contribution in [2.24, 2.45) is 5.92 Å². The second-order valence-corrected chi connectivity index (χ2v) is 8.04. The fourth-order valence-electron chi connectivity index (χ4n) is 4.48. The van der Waals surface area contributed by atoms with Crippen molar-refractivity contribution in [2.75, 3.05) is 37.5 Å². The van der Waals surface area contributed by atoms with Crippen molar-refractivity contribution in [3.05, 3.63) is 32.7 Å². The van der Waals surface area contributed by atoms with E-state index in [1.807, 2.05) is 4.90 Å². The van der Waals surface area contributed by atoms with Crippen molar-refractivity contribution in [3.8, 4) is 5.75 Å². The number of nitrogen functional groups attached to an aromatic ring is 1. The molecule has 3 N–H and O–H groups in total. The molecular weight excluding hydrogens is 377 g/mol. The molecular formula is C20H28FN5O3. The standard InChI is InChI=1S/C20H28FN5O3/c1-4-23-11(2)12-7-8-24(10-12)17-15(21)9-14-16(18(17)29-3)25(13-5-6-13)20(28)26(22)19(14)27/h9,11-13,23H,4-8,10,22H2,1-3H3/t11-,12-/m0/s1. The van der Waals surface area contributed by atoms with E-state index in [2.05, 4.69) is 19.2 Å². The maximum atomic E-state index is 15.2. The summed E-state index contributed by atoms with van der Waals surface area (Å²) in [6.45, 7) is 6.44. The summed E-state index contributed by atoms with van der Waals surface area (Å²) in [5, 5.41) is 3.49. The molecule has 0 amide bonds. The van der Waals surface area contributed by atoms with Crippen molar-refractivity contribution < 1.29 is 9.13 Å². The van der Waals surface area contributed by atoms with Gasteiger partial charge in [0.05, 0.1) is 12.5 Å². The lowest BCUT2D eigenvalue weighted by Crippen LogP contribution is -2.44. The number of hydrogen-bond acceptors (Lipinski definition) is 6. The van der Waals surface area contributed by atoms with E-state index in [1.165, 1.54) is 17.7 Å². The fourth-order valence-corrected chi connectivity index (χ4v) is 4.48. The Balaban J connectivity index is 1.89. The van der Waals surface area contributed by atoms with E-state index in [-0.39, 0.29) is 17.2 Å². The van der Waals surface area contributed by atoms with Crippen LogP contribution in [0.15, 0.2) is 15.7 Å². The number of nitrogens with two attached hydrogens (primary N) is 1. The Labute approximate surface area is 168 Å². The Morgan fingerprint density at radius 1 is 1.34 bits per heavy atom. The molecule has 2 atom stereocenters. The highest BCUT2D eigenvalue weighted by Crippen LogP contribution is 2.43. The molecule has 2 aromatic rings. The highest BCUT2D eigenvalue weighted by molar-refractivity contribution is 5.91. The number of rotatable bonds is 6. The summed E-state index contributed by atoms with van der Waals surface area (Å²) in [6.07, 6.45) is 2.55. The van der Waals surface area contributed by atoms with Gasteiger partial charge in [-0.25, -0.2) is 9.18 Å². The molecule has 0 bridgehead atoms. The summed E-state index contributed by atoms with van der Waals surface area (Å²) >= 11 is 0. The van der Waals surface area contributed by atoms with Crippen LogP contribution in [0.2, 0.25) is 0 Å². The minimum absolute atomic E-state index is 0.0484. The smallest absolute Gasteiger partial charge is 0.350 e. The number of halogens is 1. The molecule has 4 rings (SSSR count). The highest BCUT2D eigenvalue weighted by atomic mass is 19.1. The molecule has 2 fully saturated rings. The average molecular weight is 405 g/mol. The topological polar surface area (TPSA) is 94.5 Å². The molecule has 158 valence electrons. The van der Waals surface area contributed by atoms with E-state index in [0.717, 1.165) is 25.8 Å². The molecule has 2 aliphatic rings. The van der Waals surface area contributed by atoms with Crippen LogP contribution in [0.5, 0.6) is 5.75 Å². The molecule has 9 heteroatoms. The Morgan fingerprint density at radius 3 is 2.69 bits per heavy atom. The predicted octanol–water partition coefficient (Wildman–Crippen LogP) is 1.18. The van der Waals surface area contributed by atoms with Gasteiger partial charge in [-0.05, 0) is 44.7 Å². The zero-order chi connectivity index (χ0) is 20.9. The lowest BCUT2D eigenvalue weighted by Gasteiger charge is -2.25. The first kappa shape index (κ1) is 19.8. The van der Waals surface area contributed by atoms with Gasteiger partial charge in [0.25, 0.3) is 5.56 Å². The Kier molecular flexibility index (Phi) is 5.02. The van der Waals surface area contributed by atoms with Crippen LogP contribution in [0, 0.1) is 11.7 Å². The van der Waals surface area contributed by atoms with Gasteiger partial charge >= 0.3 is 5.69 Å². The molecule has 0 radical (unpaired) electrons. The van der Waals surface area contributed by atoms with Crippen molar-refractivity contribution in [1.82, 2.24) is 14.6 Å². The van der Waals surface area contributed by atoms with Crippen molar-refractivity contribution in [2.45, 2.75) is 45.2 Å². The molecule has 1 aliphatic carbocycles. The van der Waals surface area contributed by atoms with Gasteiger partial charge in [0.2, 0.25) is 0 Å². The molecule has 0 unspecified atom stereocenters. The van der Waals surface area contributed by atoms with Crippen molar-refractivity contribution in [3.63, 3.8) is 0 Å². The lowest BCUT2D eigenvalue weighted by molar-refractivity contribution is 0.405. The molecule has 8 nitrogen and oxygen atoms in total. The number of benzene rings is 1.